The Morgan fingerprint density at radius 2 is 2.22 bits per heavy atom. The second-order valence-corrected chi connectivity index (χ2v) is 5.49. The summed E-state index contributed by atoms with van der Waals surface area (Å²) < 4.78 is 6.31. The van der Waals surface area contributed by atoms with Gasteiger partial charge < -0.3 is 10.1 Å². The van der Waals surface area contributed by atoms with Crippen LogP contribution in [0.2, 0.25) is 0 Å². The highest BCUT2D eigenvalue weighted by Gasteiger charge is 2.13. The number of ether oxygens (including phenoxy) is 1. The Morgan fingerprint density at radius 3 is 3.00 bits per heavy atom. The summed E-state index contributed by atoms with van der Waals surface area (Å²) in [6.45, 7) is 0.259. The first-order chi connectivity index (χ1) is 13.0. The first-order valence-corrected chi connectivity index (χ1v) is 7.86. The number of carbonyl (C=O) groups excluding carboxylic acids is 1. The molecule has 0 spiro atoms. The minimum atomic E-state index is -0.666. The Morgan fingerprint density at radius 1 is 1.41 bits per heavy atom. The Bertz CT molecular complexity index is 1170. The highest BCUT2D eigenvalue weighted by atomic mass is 16.5. The van der Waals surface area contributed by atoms with Gasteiger partial charge in [-0.25, -0.2) is 19.6 Å². The van der Waals surface area contributed by atoms with E-state index in [9.17, 15) is 14.4 Å². The second-order valence-electron chi connectivity index (χ2n) is 5.49. The fourth-order valence-corrected chi connectivity index (χ4v) is 2.38. The van der Waals surface area contributed by atoms with Crippen molar-refractivity contribution >= 4 is 22.8 Å². The molecule has 0 amide bonds. The van der Waals surface area contributed by atoms with Crippen molar-refractivity contribution in [2.45, 2.75) is 0 Å². The third kappa shape index (κ3) is 3.67. The number of nitriles is 1. The van der Waals surface area contributed by atoms with Crippen molar-refractivity contribution in [2.75, 3.05) is 18.5 Å². The lowest BCUT2D eigenvalue weighted by molar-refractivity contribution is 0.0520. The van der Waals surface area contributed by atoms with Crippen LogP contribution >= 0.6 is 0 Å². The number of rotatable bonds is 5. The SMILES string of the molecule is Cn1c(=O)[nH]c(=O)c2cc(C(=O)OCCNc3ncccc3C#N)cnc21. The molecule has 0 aliphatic heterocycles. The van der Waals surface area contributed by atoms with Crippen LogP contribution < -0.4 is 16.6 Å². The number of H-pyrrole nitrogens is 1. The number of carbonyl (C=O) groups is 1. The molecule has 0 saturated carbocycles. The fourth-order valence-electron chi connectivity index (χ4n) is 2.38. The van der Waals surface area contributed by atoms with Gasteiger partial charge in [-0.05, 0) is 18.2 Å². The summed E-state index contributed by atoms with van der Waals surface area (Å²) in [6.07, 6.45) is 2.78. The summed E-state index contributed by atoms with van der Waals surface area (Å²) in [5.74, 6) is -0.267. The van der Waals surface area contributed by atoms with Crippen LogP contribution in [0.4, 0.5) is 5.82 Å². The van der Waals surface area contributed by atoms with E-state index in [-0.39, 0.29) is 29.7 Å². The summed E-state index contributed by atoms with van der Waals surface area (Å²) in [6, 6.07) is 6.59. The molecular weight excluding hydrogens is 352 g/mol. The van der Waals surface area contributed by atoms with Gasteiger partial charge in [0.1, 0.15) is 24.1 Å². The largest absolute Gasteiger partial charge is 0.460 e. The molecule has 10 heteroatoms. The molecule has 10 nitrogen and oxygen atoms in total. The Kier molecular flexibility index (Phi) is 4.94. The van der Waals surface area contributed by atoms with Crippen LogP contribution in [-0.4, -0.2) is 38.6 Å². The number of esters is 1. The zero-order valence-corrected chi connectivity index (χ0v) is 14.2. The standard InChI is InChI=1S/C17H14N6O4/c1-23-14-12(15(24)22-17(23)26)7-11(9-21-14)16(25)27-6-5-20-13-10(8-18)3-2-4-19-13/h2-4,7,9H,5-6H2,1H3,(H,19,20)(H,22,24,26). The zero-order chi connectivity index (χ0) is 19.4. The van der Waals surface area contributed by atoms with Gasteiger partial charge in [-0.1, -0.05) is 0 Å². The number of fused-ring (bicyclic) bond motifs is 1. The average molecular weight is 366 g/mol. The number of aromatic amines is 1. The van der Waals surface area contributed by atoms with E-state index in [0.29, 0.717) is 11.4 Å². The molecule has 0 aromatic carbocycles. The lowest BCUT2D eigenvalue weighted by atomic mass is 10.2. The Hall–Kier alpha value is -4.00. The molecule has 3 heterocycles. The zero-order valence-electron chi connectivity index (χ0n) is 14.2. The first-order valence-electron chi connectivity index (χ1n) is 7.86. The predicted molar refractivity (Wildman–Crippen MR) is 95.3 cm³/mol. The van der Waals surface area contributed by atoms with E-state index >= 15 is 0 Å². The maximum atomic E-state index is 12.1. The molecule has 3 aromatic heterocycles. The van der Waals surface area contributed by atoms with Crippen molar-refractivity contribution in [3.8, 4) is 6.07 Å². The van der Waals surface area contributed by atoms with Crippen molar-refractivity contribution in [1.29, 1.82) is 5.26 Å². The van der Waals surface area contributed by atoms with Crippen molar-refractivity contribution in [3.05, 3.63) is 62.6 Å². The van der Waals surface area contributed by atoms with Crippen molar-refractivity contribution in [1.82, 2.24) is 19.5 Å². The van der Waals surface area contributed by atoms with Crippen LogP contribution in [-0.2, 0) is 11.8 Å². The number of aryl methyl sites for hydroxylation is 1. The minimum absolute atomic E-state index is 0.0158. The van der Waals surface area contributed by atoms with Crippen LogP contribution in [0.1, 0.15) is 15.9 Å². The van der Waals surface area contributed by atoms with E-state index in [1.54, 1.807) is 18.3 Å². The molecule has 0 radical (unpaired) electrons. The van der Waals surface area contributed by atoms with Gasteiger partial charge in [-0.2, -0.15) is 5.26 Å². The molecule has 0 saturated heterocycles. The van der Waals surface area contributed by atoms with Crippen LogP contribution in [0.25, 0.3) is 11.0 Å². The monoisotopic (exact) mass is 366 g/mol. The maximum absolute atomic E-state index is 12.1. The predicted octanol–water partition coefficient (Wildman–Crippen LogP) is 0.157. The van der Waals surface area contributed by atoms with Crippen molar-refractivity contribution in [2.24, 2.45) is 7.05 Å². The highest BCUT2D eigenvalue weighted by Crippen LogP contribution is 2.10. The van der Waals surface area contributed by atoms with Gasteiger partial charge in [0.15, 0.2) is 0 Å². The van der Waals surface area contributed by atoms with Gasteiger partial charge in [0.05, 0.1) is 23.1 Å². The number of hydrogen-bond acceptors (Lipinski definition) is 8. The topological polar surface area (TPSA) is 143 Å². The molecule has 136 valence electrons. The molecule has 0 aliphatic rings. The van der Waals surface area contributed by atoms with E-state index in [0.717, 1.165) is 0 Å². The summed E-state index contributed by atoms with van der Waals surface area (Å²) in [4.78, 5) is 45.8. The van der Waals surface area contributed by atoms with E-state index < -0.39 is 17.2 Å². The summed E-state index contributed by atoms with van der Waals surface area (Å²) in [5, 5.41) is 12.0. The fraction of sp³-hybridized carbons (Fsp3) is 0.176. The third-order valence-electron chi connectivity index (χ3n) is 3.75. The average Bonchev–Trinajstić information content (AvgIpc) is 2.69. The summed E-state index contributed by atoms with van der Waals surface area (Å²) in [7, 11) is 1.46. The summed E-state index contributed by atoms with van der Waals surface area (Å²) in [5.41, 5.74) is -0.584. The Labute approximate surface area is 152 Å². The summed E-state index contributed by atoms with van der Waals surface area (Å²) >= 11 is 0. The number of pyridine rings is 2. The van der Waals surface area contributed by atoms with Crippen molar-refractivity contribution in [3.63, 3.8) is 0 Å². The van der Waals surface area contributed by atoms with Gasteiger partial charge in [-0.15, -0.1) is 0 Å². The van der Waals surface area contributed by atoms with Crippen LogP contribution in [0.3, 0.4) is 0 Å². The van der Waals surface area contributed by atoms with Crippen LogP contribution in [0.15, 0.2) is 40.2 Å². The Balaban J connectivity index is 1.67. The van der Waals surface area contributed by atoms with Gasteiger partial charge >= 0.3 is 11.7 Å². The molecule has 0 bridgehead atoms. The van der Waals surface area contributed by atoms with Gasteiger partial charge in [0, 0.05) is 19.4 Å². The first kappa shape index (κ1) is 17.8. The highest BCUT2D eigenvalue weighted by molar-refractivity contribution is 5.92. The molecule has 0 atom stereocenters. The van der Waals surface area contributed by atoms with E-state index in [2.05, 4.69) is 20.3 Å². The molecule has 27 heavy (non-hydrogen) atoms. The molecule has 3 aromatic rings. The molecule has 3 rings (SSSR count). The second kappa shape index (κ2) is 7.49. The molecule has 0 unspecified atom stereocenters. The minimum Gasteiger partial charge on any atom is -0.460 e. The van der Waals surface area contributed by atoms with Crippen LogP contribution in [0, 0.1) is 11.3 Å². The molecular formula is C17H14N6O4. The number of anilines is 1. The number of nitrogens with one attached hydrogen (secondary N) is 2. The van der Waals surface area contributed by atoms with E-state index in [4.69, 9.17) is 10.00 Å². The smallest absolute Gasteiger partial charge is 0.339 e. The van der Waals surface area contributed by atoms with E-state index in [1.165, 1.54) is 23.9 Å². The third-order valence-corrected chi connectivity index (χ3v) is 3.75. The van der Waals surface area contributed by atoms with Crippen LogP contribution in [0.5, 0.6) is 0 Å². The maximum Gasteiger partial charge on any atom is 0.339 e. The van der Waals surface area contributed by atoms with E-state index in [1.807, 2.05) is 6.07 Å². The molecule has 0 aliphatic carbocycles. The number of nitrogens with zero attached hydrogens (tertiary/aromatic N) is 4. The normalized spacial score (nSPS) is 10.4. The quantitative estimate of drug-likeness (QED) is 0.480. The lowest BCUT2D eigenvalue weighted by Crippen LogP contribution is -2.29. The number of aromatic nitrogens is 4. The van der Waals surface area contributed by atoms with Gasteiger partial charge in [-0.3, -0.25) is 14.3 Å². The van der Waals surface area contributed by atoms with Gasteiger partial charge in [0.25, 0.3) is 5.56 Å². The number of hydrogen-bond donors (Lipinski definition) is 2. The molecule has 2 N–H and O–H groups in total. The molecule has 0 fully saturated rings. The lowest BCUT2D eigenvalue weighted by Gasteiger charge is -2.08. The van der Waals surface area contributed by atoms with Crippen molar-refractivity contribution < 1.29 is 9.53 Å². The van der Waals surface area contributed by atoms with Gasteiger partial charge in [0.2, 0.25) is 0 Å².